The van der Waals surface area contributed by atoms with Crippen LogP contribution in [0.3, 0.4) is 0 Å². The molecule has 120 valence electrons. The minimum absolute atomic E-state index is 0.0297. The van der Waals surface area contributed by atoms with Crippen LogP contribution in [-0.4, -0.2) is 49.7 Å². The fourth-order valence-electron chi connectivity index (χ4n) is 2.80. The van der Waals surface area contributed by atoms with Crippen LogP contribution in [0.4, 0.5) is 11.6 Å². The van der Waals surface area contributed by atoms with E-state index >= 15 is 0 Å². The third kappa shape index (κ3) is 3.50. The van der Waals surface area contributed by atoms with E-state index in [2.05, 4.69) is 20.9 Å². The van der Waals surface area contributed by atoms with E-state index in [1.165, 1.54) is 19.3 Å². The normalized spacial score (nSPS) is 18.7. The maximum Gasteiger partial charge on any atom is 0.251 e. The Kier molecular flexibility index (Phi) is 4.77. The SMILES string of the molecule is CCNC(=O)c1cc(NC2CCC2)nc(N2CCNCC2)c1. The van der Waals surface area contributed by atoms with Crippen molar-refractivity contribution in [1.82, 2.24) is 15.6 Å². The summed E-state index contributed by atoms with van der Waals surface area (Å²) in [4.78, 5) is 19.2. The number of hydrogen-bond donors (Lipinski definition) is 3. The predicted molar refractivity (Wildman–Crippen MR) is 88.6 cm³/mol. The number of anilines is 2. The second-order valence-corrected chi connectivity index (χ2v) is 5.97. The Hall–Kier alpha value is -1.82. The molecule has 0 bridgehead atoms. The van der Waals surface area contributed by atoms with Crippen molar-refractivity contribution in [3.05, 3.63) is 17.7 Å². The summed E-state index contributed by atoms with van der Waals surface area (Å²) < 4.78 is 0. The topological polar surface area (TPSA) is 69.3 Å². The lowest BCUT2D eigenvalue weighted by Gasteiger charge is -2.30. The van der Waals surface area contributed by atoms with Crippen molar-refractivity contribution in [2.75, 3.05) is 42.9 Å². The molecule has 0 aromatic carbocycles. The van der Waals surface area contributed by atoms with Crippen molar-refractivity contribution in [1.29, 1.82) is 0 Å². The van der Waals surface area contributed by atoms with Crippen LogP contribution in [-0.2, 0) is 0 Å². The average molecular weight is 303 g/mol. The van der Waals surface area contributed by atoms with Gasteiger partial charge in [0.2, 0.25) is 0 Å². The Labute approximate surface area is 131 Å². The van der Waals surface area contributed by atoms with Gasteiger partial charge in [0.1, 0.15) is 11.6 Å². The number of pyridine rings is 1. The molecule has 1 aliphatic heterocycles. The van der Waals surface area contributed by atoms with Crippen LogP contribution in [0, 0.1) is 0 Å². The van der Waals surface area contributed by atoms with Crippen LogP contribution in [0.15, 0.2) is 12.1 Å². The molecule has 2 fully saturated rings. The van der Waals surface area contributed by atoms with Crippen LogP contribution in [0.1, 0.15) is 36.5 Å². The van der Waals surface area contributed by atoms with E-state index in [0.29, 0.717) is 18.2 Å². The number of carbonyl (C=O) groups is 1. The fraction of sp³-hybridized carbons (Fsp3) is 0.625. The molecule has 0 atom stereocenters. The van der Waals surface area contributed by atoms with E-state index < -0.39 is 0 Å². The second-order valence-electron chi connectivity index (χ2n) is 5.97. The zero-order valence-corrected chi connectivity index (χ0v) is 13.2. The lowest BCUT2D eigenvalue weighted by atomic mass is 9.93. The largest absolute Gasteiger partial charge is 0.367 e. The first kappa shape index (κ1) is 15.1. The summed E-state index contributed by atoms with van der Waals surface area (Å²) in [5.74, 6) is 1.69. The van der Waals surface area contributed by atoms with Gasteiger partial charge in [-0.05, 0) is 38.3 Å². The first-order valence-electron chi connectivity index (χ1n) is 8.29. The zero-order chi connectivity index (χ0) is 15.4. The Balaban J connectivity index is 1.84. The van der Waals surface area contributed by atoms with Crippen molar-refractivity contribution in [2.24, 2.45) is 0 Å². The third-order valence-electron chi connectivity index (χ3n) is 4.31. The molecule has 1 saturated carbocycles. The number of nitrogens with zero attached hydrogens (tertiary/aromatic N) is 2. The number of aromatic nitrogens is 1. The maximum absolute atomic E-state index is 12.2. The van der Waals surface area contributed by atoms with Gasteiger partial charge in [-0.3, -0.25) is 4.79 Å². The molecule has 3 rings (SSSR count). The summed E-state index contributed by atoms with van der Waals surface area (Å²) in [6, 6.07) is 4.28. The molecular formula is C16H25N5O. The van der Waals surface area contributed by atoms with Crippen LogP contribution in [0.25, 0.3) is 0 Å². The van der Waals surface area contributed by atoms with Gasteiger partial charge in [0.05, 0.1) is 0 Å². The van der Waals surface area contributed by atoms with Crippen molar-refractivity contribution in [2.45, 2.75) is 32.2 Å². The highest BCUT2D eigenvalue weighted by molar-refractivity contribution is 5.95. The zero-order valence-electron chi connectivity index (χ0n) is 13.2. The number of carbonyl (C=O) groups excluding carboxylic acids is 1. The Morgan fingerprint density at radius 1 is 1.36 bits per heavy atom. The van der Waals surface area contributed by atoms with E-state index in [1.807, 2.05) is 19.1 Å². The molecule has 1 aliphatic carbocycles. The number of hydrogen-bond acceptors (Lipinski definition) is 5. The standard InChI is InChI=1S/C16H25N5O/c1-2-18-16(22)12-10-14(19-13-4-3-5-13)20-15(11-12)21-8-6-17-7-9-21/h10-11,13,17H,2-9H2,1H3,(H,18,22)(H,19,20). The molecule has 22 heavy (non-hydrogen) atoms. The van der Waals surface area contributed by atoms with Gasteiger partial charge in [-0.1, -0.05) is 0 Å². The number of nitrogens with one attached hydrogen (secondary N) is 3. The lowest BCUT2D eigenvalue weighted by molar-refractivity contribution is 0.0956. The van der Waals surface area contributed by atoms with Crippen molar-refractivity contribution in [3.8, 4) is 0 Å². The van der Waals surface area contributed by atoms with Gasteiger partial charge in [-0.2, -0.15) is 0 Å². The maximum atomic E-state index is 12.2. The number of piperazine rings is 1. The second kappa shape index (κ2) is 6.96. The van der Waals surface area contributed by atoms with E-state index in [1.54, 1.807) is 0 Å². The summed E-state index contributed by atoms with van der Waals surface area (Å²) >= 11 is 0. The minimum Gasteiger partial charge on any atom is -0.367 e. The summed E-state index contributed by atoms with van der Waals surface area (Å²) in [7, 11) is 0. The molecule has 1 aromatic rings. The van der Waals surface area contributed by atoms with Gasteiger partial charge in [0.15, 0.2) is 0 Å². The molecule has 6 heteroatoms. The molecule has 0 radical (unpaired) electrons. The summed E-state index contributed by atoms with van der Waals surface area (Å²) in [5.41, 5.74) is 0.687. The molecule has 1 amide bonds. The van der Waals surface area contributed by atoms with Crippen molar-refractivity contribution < 1.29 is 4.79 Å². The summed E-state index contributed by atoms with van der Waals surface area (Å²) in [6.45, 7) is 6.33. The lowest BCUT2D eigenvalue weighted by Crippen LogP contribution is -2.44. The van der Waals surface area contributed by atoms with Gasteiger partial charge in [0.25, 0.3) is 5.91 Å². The molecule has 0 unspecified atom stereocenters. The van der Waals surface area contributed by atoms with Crippen LogP contribution < -0.4 is 20.9 Å². The molecule has 1 saturated heterocycles. The monoisotopic (exact) mass is 303 g/mol. The predicted octanol–water partition coefficient (Wildman–Crippen LogP) is 1.21. The third-order valence-corrected chi connectivity index (χ3v) is 4.31. The Morgan fingerprint density at radius 3 is 2.77 bits per heavy atom. The van der Waals surface area contributed by atoms with Gasteiger partial charge in [0, 0.05) is 44.3 Å². The molecule has 2 heterocycles. The van der Waals surface area contributed by atoms with Gasteiger partial charge >= 0.3 is 0 Å². The quantitative estimate of drug-likeness (QED) is 0.763. The van der Waals surface area contributed by atoms with E-state index in [0.717, 1.165) is 37.8 Å². The van der Waals surface area contributed by atoms with E-state index in [4.69, 9.17) is 4.98 Å². The van der Waals surface area contributed by atoms with Crippen molar-refractivity contribution >= 4 is 17.5 Å². The van der Waals surface area contributed by atoms with Gasteiger partial charge in [-0.15, -0.1) is 0 Å². The van der Waals surface area contributed by atoms with Crippen molar-refractivity contribution in [3.63, 3.8) is 0 Å². The summed E-state index contributed by atoms with van der Waals surface area (Å²) in [5, 5.41) is 9.68. The molecule has 3 N–H and O–H groups in total. The highest BCUT2D eigenvalue weighted by Gasteiger charge is 2.20. The molecule has 1 aromatic heterocycles. The molecular weight excluding hydrogens is 278 g/mol. The van der Waals surface area contributed by atoms with Gasteiger partial charge in [-0.25, -0.2) is 4.98 Å². The molecule has 6 nitrogen and oxygen atoms in total. The highest BCUT2D eigenvalue weighted by Crippen LogP contribution is 2.25. The number of amides is 1. The highest BCUT2D eigenvalue weighted by atomic mass is 16.1. The van der Waals surface area contributed by atoms with Crippen LogP contribution >= 0.6 is 0 Å². The van der Waals surface area contributed by atoms with E-state index in [9.17, 15) is 4.79 Å². The first-order valence-corrected chi connectivity index (χ1v) is 8.29. The Bertz CT molecular complexity index is 523. The summed E-state index contributed by atoms with van der Waals surface area (Å²) in [6.07, 6.45) is 3.66. The molecule has 2 aliphatic rings. The fourth-order valence-corrected chi connectivity index (χ4v) is 2.80. The van der Waals surface area contributed by atoms with Gasteiger partial charge < -0.3 is 20.9 Å². The van der Waals surface area contributed by atoms with E-state index in [-0.39, 0.29) is 5.91 Å². The Morgan fingerprint density at radius 2 is 2.14 bits per heavy atom. The minimum atomic E-state index is -0.0297. The number of rotatable bonds is 5. The average Bonchev–Trinajstić information content (AvgIpc) is 2.52. The first-order chi connectivity index (χ1) is 10.8. The smallest absolute Gasteiger partial charge is 0.251 e. The van der Waals surface area contributed by atoms with Crippen LogP contribution in [0.5, 0.6) is 0 Å². The van der Waals surface area contributed by atoms with Crippen LogP contribution in [0.2, 0.25) is 0 Å². The molecule has 0 spiro atoms.